The van der Waals surface area contributed by atoms with Gasteiger partial charge in [0.1, 0.15) is 5.69 Å². The van der Waals surface area contributed by atoms with Crippen LogP contribution in [0.2, 0.25) is 0 Å². The molecule has 2 rings (SSSR count). The van der Waals surface area contributed by atoms with Gasteiger partial charge in [0.05, 0.1) is 4.88 Å². The monoisotopic (exact) mass is 192 g/mol. The second kappa shape index (κ2) is 3.34. The van der Waals surface area contributed by atoms with Crippen LogP contribution in [0.15, 0.2) is 29.8 Å². The van der Waals surface area contributed by atoms with Gasteiger partial charge in [0.2, 0.25) is 0 Å². The fraction of sp³-hybridized carbons (Fsp3) is 0.300. The lowest BCUT2D eigenvalue weighted by atomic mass is 10.3. The minimum Gasteiger partial charge on any atom is -0.270 e. The van der Waals surface area contributed by atoms with E-state index in [0.29, 0.717) is 6.04 Å². The van der Waals surface area contributed by atoms with E-state index in [0.717, 1.165) is 5.69 Å². The first-order valence-electron chi connectivity index (χ1n) is 4.36. The normalized spacial score (nSPS) is 11.0. The van der Waals surface area contributed by atoms with Crippen LogP contribution in [0.3, 0.4) is 0 Å². The summed E-state index contributed by atoms with van der Waals surface area (Å²) in [5.74, 6) is 0. The molecule has 0 N–H and O–H groups in total. The third-order valence-corrected chi connectivity index (χ3v) is 2.80. The summed E-state index contributed by atoms with van der Waals surface area (Å²) in [7, 11) is 0. The minimum atomic E-state index is 0.439. The van der Waals surface area contributed by atoms with Crippen LogP contribution < -0.4 is 0 Å². The van der Waals surface area contributed by atoms with E-state index in [1.165, 1.54) is 4.88 Å². The first-order valence-corrected chi connectivity index (χ1v) is 5.24. The minimum absolute atomic E-state index is 0.439. The Morgan fingerprint density at radius 3 is 2.77 bits per heavy atom. The Bertz CT molecular complexity index is 373. The van der Waals surface area contributed by atoms with Gasteiger partial charge in [0.15, 0.2) is 0 Å². The molecule has 3 heteroatoms. The Labute approximate surface area is 81.8 Å². The quantitative estimate of drug-likeness (QED) is 0.714. The Balaban J connectivity index is 2.33. The number of hydrogen-bond donors (Lipinski definition) is 0. The summed E-state index contributed by atoms with van der Waals surface area (Å²) in [5, 5.41) is 6.55. The van der Waals surface area contributed by atoms with Crippen molar-refractivity contribution in [1.82, 2.24) is 9.78 Å². The summed E-state index contributed by atoms with van der Waals surface area (Å²) < 4.78 is 1.98. The zero-order valence-corrected chi connectivity index (χ0v) is 8.58. The molecule has 0 bridgehead atoms. The van der Waals surface area contributed by atoms with Crippen LogP contribution in [0.4, 0.5) is 0 Å². The third kappa shape index (κ3) is 1.65. The first kappa shape index (κ1) is 8.51. The highest BCUT2D eigenvalue weighted by Gasteiger charge is 2.04. The van der Waals surface area contributed by atoms with Gasteiger partial charge in [0.25, 0.3) is 0 Å². The van der Waals surface area contributed by atoms with Gasteiger partial charge >= 0.3 is 0 Å². The molecule has 2 aromatic rings. The fourth-order valence-electron chi connectivity index (χ4n) is 1.18. The Hall–Kier alpha value is -1.09. The van der Waals surface area contributed by atoms with E-state index >= 15 is 0 Å². The number of rotatable bonds is 2. The predicted molar refractivity (Wildman–Crippen MR) is 55.9 cm³/mol. The van der Waals surface area contributed by atoms with Crippen molar-refractivity contribution in [3.05, 3.63) is 29.8 Å². The molecule has 0 aromatic carbocycles. The smallest absolute Gasteiger partial charge is 0.102 e. The van der Waals surface area contributed by atoms with Crippen molar-refractivity contribution in [2.45, 2.75) is 19.9 Å². The van der Waals surface area contributed by atoms with Gasteiger partial charge in [-0.25, -0.2) is 0 Å². The third-order valence-electron chi connectivity index (χ3n) is 1.91. The Morgan fingerprint density at radius 1 is 1.38 bits per heavy atom. The molecule has 0 saturated heterocycles. The molecule has 2 heterocycles. The average Bonchev–Trinajstić information content (AvgIpc) is 2.75. The van der Waals surface area contributed by atoms with Gasteiger partial charge in [-0.15, -0.1) is 11.3 Å². The lowest BCUT2D eigenvalue weighted by Crippen LogP contribution is -2.00. The second-order valence-electron chi connectivity index (χ2n) is 3.25. The second-order valence-corrected chi connectivity index (χ2v) is 4.20. The standard InChI is InChI=1S/C10H12N2S/c1-8(2)12-6-5-9(11-12)10-4-3-7-13-10/h3-8H,1-2H3. The molecule has 0 unspecified atom stereocenters. The molecule has 68 valence electrons. The molecule has 0 amide bonds. The highest BCUT2D eigenvalue weighted by atomic mass is 32.1. The number of thiophene rings is 1. The Kier molecular flexibility index (Phi) is 2.19. The number of nitrogens with zero attached hydrogens (tertiary/aromatic N) is 2. The summed E-state index contributed by atoms with van der Waals surface area (Å²) >= 11 is 1.73. The van der Waals surface area contributed by atoms with Crippen LogP contribution >= 0.6 is 11.3 Å². The topological polar surface area (TPSA) is 17.8 Å². The fourth-order valence-corrected chi connectivity index (χ4v) is 1.87. The molecule has 2 aromatic heterocycles. The zero-order valence-electron chi connectivity index (χ0n) is 7.77. The van der Waals surface area contributed by atoms with Crippen LogP contribution in [0.5, 0.6) is 0 Å². The lowest BCUT2D eigenvalue weighted by Gasteiger charge is -2.02. The molecule has 0 atom stereocenters. The number of aromatic nitrogens is 2. The SMILES string of the molecule is CC(C)n1ccc(-c2cccs2)n1. The van der Waals surface area contributed by atoms with Crippen molar-refractivity contribution in [3.8, 4) is 10.6 Å². The van der Waals surface area contributed by atoms with Gasteiger partial charge in [-0.2, -0.15) is 5.10 Å². The maximum Gasteiger partial charge on any atom is 0.102 e. The van der Waals surface area contributed by atoms with Crippen molar-refractivity contribution < 1.29 is 0 Å². The van der Waals surface area contributed by atoms with Crippen molar-refractivity contribution in [1.29, 1.82) is 0 Å². The van der Waals surface area contributed by atoms with Crippen LogP contribution in [-0.2, 0) is 0 Å². The summed E-state index contributed by atoms with van der Waals surface area (Å²) in [5.41, 5.74) is 1.07. The molecule has 0 aliphatic rings. The van der Waals surface area contributed by atoms with Crippen molar-refractivity contribution >= 4 is 11.3 Å². The van der Waals surface area contributed by atoms with E-state index in [1.807, 2.05) is 16.9 Å². The molecule has 0 aliphatic carbocycles. The molecular formula is C10H12N2S. The molecule has 0 saturated carbocycles. The lowest BCUT2D eigenvalue weighted by molar-refractivity contribution is 0.534. The molecule has 0 aliphatic heterocycles. The van der Waals surface area contributed by atoms with Gasteiger partial charge in [-0.1, -0.05) is 6.07 Å². The summed E-state index contributed by atoms with van der Waals surface area (Å²) in [6.45, 7) is 4.26. The van der Waals surface area contributed by atoms with E-state index in [2.05, 4.69) is 36.5 Å². The van der Waals surface area contributed by atoms with Gasteiger partial charge < -0.3 is 0 Å². The van der Waals surface area contributed by atoms with Crippen LogP contribution in [0, 0.1) is 0 Å². The average molecular weight is 192 g/mol. The van der Waals surface area contributed by atoms with Crippen LogP contribution in [-0.4, -0.2) is 9.78 Å². The van der Waals surface area contributed by atoms with Gasteiger partial charge in [-0.05, 0) is 31.4 Å². The Morgan fingerprint density at radius 2 is 2.23 bits per heavy atom. The highest BCUT2D eigenvalue weighted by molar-refractivity contribution is 7.13. The molecule has 2 nitrogen and oxygen atoms in total. The van der Waals surface area contributed by atoms with Crippen molar-refractivity contribution in [3.63, 3.8) is 0 Å². The molecule has 0 fully saturated rings. The predicted octanol–water partition coefficient (Wildman–Crippen LogP) is 3.19. The maximum absolute atomic E-state index is 4.48. The maximum atomic E-state index is 4.48. The van der Waals surface area contributed by atoms with Crippen molar-refractivity contribution in [2.75, 3.05) is 0 Å². The number of hydrogen-bond acceptors (Lipinski definition) is 2. The van der Waals surface area contributed by atoms with Crippen molar-refractivity contribution in [2.24, 2.45) is 0 Å². The molecule has 0 radical (unpaired) electrons. The van der Waals surface area contributed by atoms with Gasteiger partial charge in [-0.3, -0.25) is 4.68 Å². The summed E-state index contributed by atoms with van der Waals surface area (Å²) in [6, 6.07) is 6.64. The van der Waals surface area contributed by atoms with E-state index in [4.69, 9.17) is 0 Å². The zero-order chi connectivity index (χ0) is 9.26. The summed E-state index contributed by atoms with van der Waals surface area (Å²) in [6.07, 6.45) is 2.03. The van der Waals surface area contributed by atoms with E-state index in [9.17, 15) is 0 Å². The van der Waals surface area contributed by atoms with E-state index in [-0.39, 0.29) is 0 Å². The molecular weight excluding hydrogens is 180 g/mol. The summed E-state index contributed by atoms with van der Waals surface area (Å²) in [4.78, 5) is 1.24. The molecule has 0 spiro atoms. The van der Waals surface area contributed by atoms with Crippen LogP contribution in [0.1, 0.15) is 19.9 Å². The van der Waals surface area contributed by atoms with E-state index in [1.54, 1.807) is 11.3 Å². The van der Waals surface area contributed by atoms with E-state index < -0.39 is 0 Å². The van der Waals surface area contributed by atoms with Gasteiger partial charge in [0, 0.05) is 12.2 Å². The van der Waals surface area contributed by atoms with Crippen LogP contribution in [0.25, 0.3) is 10.6 Å². The largest absolute Gasteiger partial charge is 0.270 e. The first-order chi connectivity index (χ1) is 6.27. The molecule has 13 heavy (non-hydrogen) atoms. The highest BCUT2D eigenvalue weighted by Crippen LogP contribution is 2.22.